The summed E-state index contributed by atoms with van der Waals surface area (Å²) in [7, 11) is 0. The summed E-state index contributed by atoms with van der Waals surface area (Å²) in [6.07, 6.45) is 0. The molecule has 0 saturated carbocycles. The summed E-state index contributed by atoms with van der Waals surface area (Å²) in [5.41, 5.74) is 2.84. The topological polar surface area (TPSA) is 43.1 Å². The summed E-state index contributed by atoms with van der Waals surface area (Å²) in [5.74, 6) is 0.683. The lowest BCUT2D eigenvalue weighted by molar-refractivity contribution is 0.509. The fourth-order valence-corrected chi connectivity index (χ4v) is 2.55. The lowest BCUT2D eigenvalue weighted by Crippen LogP contribution is -2.02. The van der Waals surface area contributed by atoms with E-state index in [0.717, 1.165) is 5.56 Å². The molecule has 1 aromatic heterocycles. The molecule has 23 heavy (non-hydrogen) atoms. The fourth-order valence-electron chi connectivity index (χ4n) is 2.34. The summed E-state index contributed by atoms with van der Waals surface area (Å²) in [6, 6.07) is 16.6. The lowest BCUT2D eigenvalue weighted by Gasteiger charge is -2.07. The van der Waals surface area contributed by atoms with Gasteiger partial charge in [0.1, 0.15) is 0 Å². The third kappa shape index (κ3) is 3.35. The highest BCUT2D eigenvalue weighted by atomic mass is 35.5. The zero-order chi connectivity index (χ0) is 16.4. The molecule has 0 aliphatic heterocycles. The highest BCUT2D eigenvalue weighted by molar-refractivity contribution is 6.33. The second-order valence-electron chi connectivity index (χ2n) is 5.62. The number of halogens is 1. The van der Waals surface area contributed by atoms with E-state index in [1.165, 1.54) is 11.6 Å². The maximum absolute atomic E-state index is 11.9. The molecule has 0 aliphatic carbocycles. The Labute approximate surface area is 139 Å². The SMILES string of the molecule is CC(C)c1ccc(-c2cc(=O)oc(-c3ccccc3Cl)n2)cc1. The van der Waals surface area contributed by atoms with Crippen LogP contribution in [0.1, 0.15) is 25.3 Å². The van der Waals surface area contributed by atoms with E-state index in [1.807, 2.05) is 36.4 Å². The van der Waals surface area contributed by atoms with Crippen molar-refractivity contribution < 1.29 is 4.42 Å². The number of nitrogens with zero attached hydrogens (tertiary/aromatic N) is 1. The van der Waals surface area contributed by atoms with Crippen molar-refractivity contribution in [2.75, 3.05) is 0 Å². The Balaban J connectivity index is 2.08. The van der Waals surface area contributed by atoms with Crippen molar-refractivity contribution in [3.63, 3.8) is 0 Å². The summed E-state index contributed by atoms with van der Waals surface area (Å²) in [6.45, 7) is 4.28. The van der Waals surface area contributed by atoms with Crippen LogP contribution in [0, 0.1) is 0 Å². The molecule has 0 atom stereocenters. The summed E-state index contributed by atoms with van der Waals surface area (Å²) in [4.78, 5) is 16.4. The average Bonchev–Trinajstić information content (AvgIpc) is 2.55. The van der Waals surface area contributed by atoms with E-state index in [4.69, 9.17) is 16.0 Å². The predicted molar refractivity (Wildman–Crippen MR) is 92.7 cm³/mol. The zero-order valence-electron chi connectivity index (χ0n) is 12.9. The molecule has 116 valence electrons. The molecule has 0 saturated heterocycles. The van der Waals surface area contributed by atoms with Crippen molar-refractivity contribution in [1.82, 2.24) is 4.98 Å². The molecular formula is C19H16ClNO2. The Morgan fingerprint density at radius 1 is 1.04 bits per heavy atom. The number of rotatable bonds is 3. The van der Waals surface area contributed by atoms with E-state index in [9.17, 15) is 4.79 Å². The number of benzene rings is 2. The van der Waals surface area contributed by atoms with Crippen LogP contribution < -0.4 is 5.63 Å². The van der Waals surface area contributed by atoms with Gasteiger partial charge in [0.05, 0.1) is 22.3 Å². The fraction of sp³-hybridized carbons (Fsp3) is 0.158. The standard InChI is InChI=1S/C19H16ClNO2/c1-12(2)13-7-9-14(10-8-13)17-11-18(22)23-19(21-17)15-5-3-4-6-16(15)20/h3-12H,1-2H3. The summed E-state index contributed by atoms with van der Waals surface area (Å²) in [5, 5.41) is 0.496. The van der Waals surface area contributed by atoms with Crippen molar-refractivity contribution in [2.45, 2.75) is 19.8 Å². The Bertz CT molecular complexity index is 882. The second-order valence-corrected chi connectivity index (χ2v) is 6.03. The van der Waals surface area contributed by atoms with Gasteiger partial charge in [0.15, 0.2) is 0 Å². The van der Waals surface area contributed by atoms with Crippen molar-refractivity contribution in [3.05, 3.63) is 75.6 Å². The Morgan fingerprint density at radius 2 is 1.74 bits per heavy atom. The monoisotopic (exact) mass is 325 g/mol. The first-order valence-electron chi connectivity index (χ1n) is 7.42. The molecule has 0 amide bonds. The van der Waals surface area contributed by atoms with Crippen LogP contribution in [0.2, 0.25) is 5.02 Å². The van der Waals surface area contributed by atoms with E-state index in [-0.39, 0.29) is 5.89 Å². The Morgan fingerprint density at radius 3 is 2.39 bits per heavy atom. The van der Waals surface area contributed by atoms with Crippen molar-refractivity contribution in [3.8, 4) is 22.7 Å². The van der Waals surface area contributed by atoms with Gasteiger partial charge in [0.2, 0.25) is 5.89 Å². The Hall–Kier alpha value is -2.39. The van der Waals surface area contributed by atoms with Crippen LogP contribution in [0.4, 0.5) is 0 Å². The minimum absolute atomic E-state index is 0.228. The maximum atomic E-state index is 11.9. The molecule has 0 spiro atoms. The van der Waals surface area contributed by atoms with Crippen molar-refractivity contribution in [2.24, 2.45) is 0 Å². The van der Waals surface area contributed by atoms with E-state index >= 15 is 0 Å². The molecule has 0 fully saturated rings. The minimum atomic E-state index is -0.446. The van der Waals surface area contributed by atoms with Gasteiger partial charge >= 0.3 is 5.63 Å². The van der Waals surface area contributed by atoms with Gasteiger partial charge in [0, 0.05) is 5.56 Å². The normalized spacial score (nSPS) is 11.0. The molecule has 3 aromatic rings. The minimum Gasteiger partial charge on any atom is -0.403 e. The highest BCUT2D eigenvalue weighted by Crippen LogP contribution is 2.27. The molecule has 0 aliphatic rings. The number of aromatic nitrogens is 1. The molecule has 0 unspecified atom stereocenters. The van der Waals surface area contributed by atoms with E-state index in [1.54, 1.807) is 12.1 Å². The highest BCUT2D eigenvalue weighted by Gasteiger charge is 2.11. The van der Waals surface area contributed by atoms with E-state index in [2.05, 4.69) is 18.8 Å². The lowest BCUT2D eigenvalue weighted by atomic mass is 10.0. The van der Waals surface area contributed by atoms with Crippen LogP contribution >= 0.6 is 11.6 Å². The second kappa shape index (κ2) is 6.39. The van der Waals surface area contributed by atoms with Gasteiger partial charge in [-0.2, -0.15) is 0 Å². The number of hydrogen-bond acceptors (Lipinski definition) is 3. The summed E-state index contributed by atoms with van der Waals surface area (Å²) >= 11 is 6.16. The first-order valence-corrected chi connectivity index (χ1v) is 7.80. The molecule has 0 N–H and O–H groups in total. The van der Waals surface area contributed by atoms with Gasteiger partial charge in [0.25, 0.3) is 0 Å². The molecular weight excluding hydrogens is 310 g/mol. The van der Waals surface area contributed by atoms with Crippen molar-refractivity contribution >= 4 is 11.6 Å². The predicted octanol–water partition coefficient (Wildman–Crippen LogP) is 5.15. The van der Waals surface area contributed by atoms with Gasteiger partial charge in [-0.15, -0.1) is 0 Å². The van der Waals surface area contributed by atoms with Crippen LogP contribution in [0.5, 0.6) is 0 Å². The van der Waals surface area contributed by atoms with Crippen LogP contribution in [0.15, 0.2) is 63.8 Å². The molecule has 3 rings (SSSR count). The molecule has 4 heteroatoms. The quantitative estimate of drug-likeness (QED) is 0.669. The molecule has 3 nitrogen and oxygen atoms in total. The van der Waals surface area contributed by atoms with Crippen LogP contribution in [-0.2, 0) is 0 Å². The largest absolute Gasteiger partial charge is 0.403 e. The molecule has 1 heterocycles. The number of hydrogen-bond donors (Lipinski definition) is 0. The third-order valence-corrected chi connectivity index (χ3v) is 3.98. The molecule has 0 bridgehead atoms. The molecule has 0 radical (unpaired) electrons. The van der Waals surface area contributed by atoms with Crippen LogP contribution in [-0.4, -0.2) is 4.98 Å². The maximum Gasteiger partial charge on any atom is 0.339 e. The first kappa shape index (κ1) is 15.5. The van der Waals surface area contributed by atoms with E-state index in [0.29, 0.717) is 22.2 Å². The van der Waals surface area contributed by atoms with Gasteiger partial charge < -0.3 is 4.42 Å². The van der Waals surface area contributed by atoms with Crippen LogP contribution in [0.25, 0.3) is 22.7 Å². The first-order chi connectivity index (χ1) is 11.0. The van der Waals surface area contributed by atoms with Gasteiger partial charge in [-0.05, 0) is 23.6 Å². The summed E-state index contributed by atoms with van der Waals surface area (Å²) < 4.78 is 5.22. The van der Waals surface area contributed by atoms with Crippen molar-refractivity contribution in [1.29, 1.82) is 0 Å². The molecule has 2 aromatic carbocycles. The Kier molecular flexibility index (Phi) is 4.30. The average molecular weight is 326 g/mol. The zero-order valence-corrected chi connectivity index (χ0v) is 13.7. The van der Waals surface area contributed by atoms with Crippen LogP contribution in [0.3, 0.4) is 0 Å². The smallest absolute Gasteiger partial charge is 0.339 e. The third-order valence-electron chi connectivity index (χ3n) is 3.65. The van der Waals surface area contributed by atoms with Gasteiger partial charge in [-0.1, -0.05) is 61.8 Å². The van der Waals surface area contributed by atoms with Gasteiger partial charge in [-0.25, -0.2) is 9.78 Å². The van der Waals surface area contributed by atoms with E-state index < -0.39 is 5.63 Å². The van der Waals surface area contributed by atoms with Gasteiger partial charge in [-0.3, -0.25) is 0 Å².